The fourth-order valence-electron chi connectivity index (χ4n) is 1.05. The van der Waals surface area contributed by atoms with Crippen LogP contribution < -0.4 is 0 Å². The molecular formula is C9H5Br2ClN2O. The van der Waals surface area contributed by atoms with Crippen LogP contribution in [0.3, 0.4) is 0 Å². The van der Waals surface area contributed by atoms with Gasteiger partial charge in [-0.2, -0.15) is 4.98 Å². The molecule has 1 aromatic carbocycles. The monoisotopic (exact) mass is 350 g/mol. The predicted molar refractivity (Wildman–Crippen MR) is 65.1 cm³/mol. The summed E-state index contributed by atoms with van der Waals surface area (Å²) in [4.78, 5) is 4.17. The van der Waals surface area contributed by atoms with Crippen LogP contribution in [0.1, 0.15) is 5.82 Å². The molecule has 0 amide bonds. The lowest BCUT2D eigenvalue weighted by atomic mass is 10.2. The van der Waals surface area contributed by atoms with Crippen LogP contribution in [0.5, 0.6) is 0 Å². The van der Waals surface area contributed by atoms with E-state index in [4.69, 9.17) is 16.1 Å². The molecule has 0 radical (unpaired) electrons. The van der Waals surface area contributed by atoms with Crippen molar-refractivity contribution in [1.82, 2.24) is 10.1 Å². The molecule has 2 aromatic rings. The lowest BCUT2D eigenvalue weighted by Crippen LogP contribution is -1.81. The zero-order chi connectivity index (χ0) is 10.8. The molecule has 0 unspecified atom stereocenters. The van der Waals surface area contributed by atoms with Gasteiger partial charge in [-0.3, -0.25) is 0 Å². The fourth-order valence-corrected chi connectivity index (χ4v) is 1.71. The topological polar surface area (TPSA) is 38.9 Å². The average molecular weight is 352 g/mol. The number of alkyl halides is 1. The van der Waals surface area contributed by atoms with Crippen LogP contribution in [0.2, 0.25) is 5.02 Å². The van der Waals surface area contributed by atoms with E-state index in [0.717, 1.165) is 10.0 Å². The van der Waals surface area contributed by atoms with E-state index >= 15 is 0 Å². The SMILES string of the molecule is Clc1cc(-c2nc(CBr)no2)ccc1Br. The average Bonchev–Trinajstić information content (AvgIpc) is 2.70. The minimum absolute atomic E-state index is 0.471. The molecule has 0 aliphatic rings. The summed E-state index contributed by atoms with van der Waals surface area (Å²) in [5, 5.41) is 4.96. The zero-order valence-electron chi connectivity index (χ0n) is 7.38. The Morgan fingerprint density at radius 2 is 2.20 bits per heavy atom. The van der Waals surface area contributed by atoms with Gasteiger partial charge in [0.15, 0.2) is 5.82 Å². The van der Waals surface area contributed by atoms with E-state index in [1.165, 1.54) is 0 Å². The number of benzene rings is 1. The maximum Gasteiger partial charge on any atom is 0.258 e. The van der Waals surface area contributed by atoms with Crippen LogP contribution in [0, 0.1) is 0 Å². The van der Waals surface area contributed by atoms with Crippen LogP contribution in [0.4, 0.5) is 0 Å². The molecule has 0 N–H and O–H groups in total. The van der Waals surface area contributed by atoms with Gasteiger partial charge in [0.05, 0.1) is 10.4 Å². The van der Waals surface area contributed by atoms with Crippen LogP contribution >= 0.6 is 43.5 Å². The largest absolute Gasteiger partial charge is 0.334 e. The van der Waals surface area contributed by atoms with E-state index in [-0.39, 0.29) is 0 Å². The smallest absolute Gasteiger partial charge is 0.258 e. The first kappa shape index (κ1) is 11.1. The molecule has 1 aromatic heterocycles. The predicted octanol–water partition coefficient (Wildman–Crippen LogP) is 4.05. The fraction of sp³-hybridized carbons (Fsp3) is 0.111. The van der Waals surface area contributed by atoms with Crippen LogP contribution in [0.25, 0.3) is 11.5 Å². The Hall–Kier alpha value is -0.390. The van der Waals surface area contributed by atoms with Gasteiger partial charge in [0.2, 0.25) is 0 Å². The van der Waals surface area contributed by atoms with Crippen molar-refractivity contribution in [1.29, 1.82) is 0 Å². The summed E-state index contributed by atoms with van der Waals surface area (Å²) in [6.07, 6.45) is 0. The molecule has 1 heterocycles. The molecular weight excluding hydrogens is 347 g/mol. The summed E-state index contributed by atoms with van der Waals surface area (Å²) in [5.74, 6) is 1.09. The third-order valence-corrected chi connectivity index (χ3v) is 3.49. The highest BCUT2D eigenvalue weighted by Gasteiger charge is 2.09. The summed E-state index contributed by atoms with van der Waals surface area (Å²) >= 11 is 12.5. The van der Waals surface area contributed by atoms with Crippen LogP contribution in [0.15, 0.2) is 27.2 Å². The molecule has 0 atom stereocenters. The Morgan fingerprint density at radius 3 is 2.80 bits per heavy atom. The van der Waals surface area contributed by atoms with Gasteiger partial charge < -0.3 is 4.52 Å². The highest BCUT2D eigenvalue weighted by molar-refractivity contribution is 9.10. The number of aromatic nitrogens is 2. The number of hydrogen-bond acceptors (Lipinski definition) is 3. The lowest BCUT2D eigenvalue weighted by molar-refractivity contribution is 0.425. The van der Waals surface area contributed by atoms with Crippen LogP contribution in [-0.2, 0) is 5.33 Å². The minimum atomic E-state index is 0.471. The van der Waals surface area contributed by atoms with E-state index in [1.807, 2.05) is 12.1 Å². The molecule has 0 fully saturated rings. The summed E-state index contributed by atoms with van der Waals surface area (Å²) in [6, 6.07) is 5.48. The lowest BCUT2D eigenvalue weighted by Gasteiger charge is -1.97. The summed E-state index contributed by atoms with van der Waals surface area (Å²) in [7, 11) is 0. The Labute approximate surface area is 108 Å². The molecule has 78 valence electrons. The van der Waals surface area contributed by atoms with Gasteiger partial charge >= 0.3 is 0 Å². The van der Waals surface area contributed by atoms with Crippen molar-refractivity contribution in [3.63, 3.8) is 0 Å². The van der Waals surface area contributed by atoms with E-state index in [9.17, 15) is 0 Å². The molecule has 0 aliphatic carbocycles. The van der Waals surface area contributed by atoms with Gasteiger partial charge in [-0.05, 0) is 34.1 Å². The Balaban J connectivity index is 2.40. The van der Waals surface area contributed by atoms with Crippen molar-refractivity contribution in [3.8, 4) is 11.5 Å². The van der Waals surface area contributed by atoms with Gasteiger partial charge in [0.25, 0.3) is 5.89 Å². The molecule has 0 saturated carbocycles. The van der Waals surface area contributed by atoms with Crippen molar-refractivity contribution < 1.29 is 4.52 Å². The van der Waals surface area contributed by atoms with E-state index in [1.54, 1.807) is 6.07 Å². The summed E-state index contributed by atoms with van der Waals surface area (Å²) < 4.78 is 5.91. The number of nitrogens with zero attached hydrogens (tertiary/aromatic N) is 2. The molecule has 0 bridgehead atoms. The third-order valence-electron chi connectivity index (χ3n) is 1.75. The highest BCUT2D eigenvalue weighted by atomic mass is 79.9. The maximum absolute atomic E-state index is 5.96. The first-order valence-corrected chi connectivity index (χ1v) is 6.34. The third kappa shape index (κ3) is 2.41. The maximum atomic E-state index is 5.96. The zero-order valence-corrected chi connectivity index (χ0v) is 11.3. The van der Waals surface area contributed by atoms with Gasteiger partial charge in [-0.1, -0.05) is 32.7 Å². The van der Waals surface area contributed by atoms with Crippen LogP contribution in [-0.4, -0.2) is 10.1 Å². The molecule has 2 rings (SSSR count). The Kier molecular flexibility index (Phi) is 3.43. The van der Waals surface area contributed by atoms with Gasteiger partial charge in [0.1, 0.15) is 0 Å². The number of halogens is 3. The first-order valence-electron chi connectivity index (χ1n) is 4.04. The Morgan fingerprint density at radius 1 is 1.40 bits per heavy atom. The first-order chi connectivity index (χ1) is 7.20. The molecule has 3 nitrogen and oxygen atoms in total. The van der Waals surface area contributed by atoms with Crippen molar-refractivity contribution in [2.24, 2.45) is 0 Å². The highest BCUT2D eigenvalue weighted by Crippen LogP contribution is 2.27. The van der Waals surface area contributed by atoms with Gasteiger partial charge in [-0.15, -0.1) is 0 Å². The summed E-state index contributed by atoms with van der Waals surface area (Å²) in [5.41, 5.74) is 0.808. The number of rotatable bonds is 2. The molecule has 6 heteroatoms. The van der Waals surface area contributed by atoms with E-state index in [2.05, 4.69) is 42.0 Å². The van der Waals surface area contributed by atoms with E-state index in [0.29, 0.717) is 22.1 Å². The molecule has 15 heavy (non-hydrogen) atoms. The quantitative estimate of drug-likeness (QED) is 0.766. The van der Waals surface area contributed by atoms with E-state index < -0.39 is 0 Å². The molecule has 0 aliphatic heterocycles. The standard InChI is InChI=1S/C9H5Br2ClN2O/c10-4-8-13-9(15-14-8)5-1-2-6(11)7(12)3-5/h1-3H,4H2. The van der Waals surface area contributed by atoms with Gasteiger partial charge in [-0.25, -0.2) is 0 Å². The number of hydrogen-bond donors (Lipinski definition) is 0. The molecule has 0 spiro atoms. The second kappa shape index (κ2) is 4.63. The van der Waals surface area contributed by atoms with Crippen molar-refractivity contribution >= 4 is 43.5 Å². The van der Waals surface area contributed by atoms with Crippen molar-refractivity contribution in [2.75, 3.05) is 0 Å². The van der Waals surface area contributed by atoms with Gasteiger partial charge in [0, 0.05) is 10.0 Å². The van der Waals surface area contributed by atoms with Crippen molar-refractivity contribution in [3.05, 3.63) is 33.5 Å². The minimum Gasteiger partial charge on any atom is -0.334 e. The molecule has 0 saturated heterocycles. The Bertz CT molecular complexity index is 487. The van der Waals surface area contributed by atoms with Crippen molar-refractivity contribution in [2.45, 2.75) is 5.33 Å². The second-order valence-electron chi connectivity index (χ2n) is 2.78. The second-order valence-corrected chi connectivity index (χ2v) is 4.60. The summed E-state index contributed by atoms with van der Waals surface area (Å²) in [6.45, 7) is 0. The normalized spacial score (nSPS) is 10.6.